The van der Waals surface area contributed by atoms with Crippen LogP contribution in [0.3, 0.4) is 0 Å². The zero-order chi connectivity index (χ0) is 12.2. The van der Waals surface area contributed by atoms with Crippen molar-refractivity contribution >= 4 is 0 Å². The van der Waals surface area contributed by atoms with Crippen LogP contribution in [0.25, 0.3) is 0 Å². The summed E-state index contributed by atoms with van der Waals surface area (Å²) in [5.74, 6) is 0.434. The average molecular weight is 223 g/mol. The highest BCUT2D eigenvalue weighted by molar-refractivity contribution is 5.15. The van der Waals surface area contributed by atoms with E-state index in [0.717, 1.165) is 18.7 Å². The Bertz CT molecular complexity index is 328. The number of hydrogen-bond donors (Lipinski definition) is 1. The summed E-state index contributed by atoms with van der Waals surface area (Å²) < 4.78 is 12.9. The minimum atomic E-state index is -0.164. The third kappa shape index (κ3) is 4.31. The number of benzene rings is 1. The molecule has 90 valence electrons. The van der Waals surface area contributed by atoms with Crippen molar-refractivity contribution in [2.24, 2.45) is 11.3 Å². The van der Waals surface area contributed by atoms with E-state index < -0.39 is 0 Å². The molecule has 0 radical (unpaired) electrons. The first kappa shape index (κ1) is 13.2. The predicted octanol–water partition coefficient (Wildman–Crippen LogP) is 3.60. The second-order valence-corrected chi connectivity index (χ2v) is 5.53. The van der Waals surface area contributed by atoms with Crippen molar-refractivity contribution in [1.29, 1.82) is 0 Å². The van der Waals surface area contributed by atoms with Gasteiger partial charge in [-0.25, -0.2) is 4.39 Å². The van der Waals surface area contributed by atoms with Gasteiger partial charge >= 0.3 is 0 Å². The maximum absolute atomic E-state index is 12.9. The lowest BCUT2D eigenvalue weighted by atomic mass is 9.82. The molecule has 0 aliphatic carbocycles. The molecule has 0 saturated carbocycles. The zero-order valence-electron chi connectivity index (χ0n) is 10.7. The van der Waals surface area contributed by atoms with Crippen molar-refractivity contribution < 1.29 is 4.39 Å². The van der Waals surface area contributed by atoms with Crippen LogP contribution in [-0.4, -0.2) is 6.54 Å². The van der Waals surface area contributed by atoms with Gasteiger partial charge < -0.3 is 5.32 Å². The van der Waals surface area contributed by atoms with E-state index in [0.29, 0.717) is 11.3 Å². The van der Waals surface area contributed by atoms with E-state index in [1.165, 1.54) is 6.07 Å². The van der Waals surface area contributed by atoms with E-state index in [-0.39, 0.29) is 5.82 Å². The average Bonchev–Trinajstić information content (AvgIpc) is 2.16. The van der Waals surface area contributed by atoms with Gasteiger partial charge in [0, 0.05) is 6.54 Å². The molecule has 1 aromatic rings. The van der Waals surface area contributed by atoms with Crippen LogP contribution in [0.1, 0.15) is 33.3 Å². The molecule has 16 heavy (non-hydrogen) atoms. The van der Waals surface area contributed by atoms with Crippen molar-refractivity contribution in [2.75, 3.05) is 6.54 Å². The van der Waals surface area contributed by atoms with Crippen molar-refractivity contribution in [1.82, 2.24) is 5.32 Å². The summed E-state index contributed by atoms with van der Waals surface area (Å²) in [6.45, 7) is 10.6. The fraction of sp³-hybridized carbons (Fsp3) is 0.571. The van der Waals surface area contributed by atoms with Gasteiger partial charge in [-0.2, -0.15) is 0 Å². The molecule has 0 fully saturated rings. The summed E-state index contributed by atoms with van der Waals surface area (Å²) in [5, 5.41) is 3.37. The zero-order valence-corrected chi connectivity index (χ0v) is 10.7. The summed E-state index contributed by atoms with van der Waals surface area (Å²) >= 11 is 0. The van der Waals surface area contributed by atoms with Crippen molar-refractivity contribution in [3.8, 4) is 0 Å². The molecule has 0 aromatic heterocycles. The van der Waals surface area contributed by atoms with Crippen LogP contribution in [0.2, 0.25) is 0 Å². The fourth-order valence-electron chi connectivity index (χ4n) is 1.39. The van der Waals surface area contributed by atoms with Crippen molar-refractivity contribution in [2.45, 2.75) is 34.2 Å². The van der Waals surface area contributed by atoms with Gasteiger partial charge in [0.1, 0.15) is 5.82 Å². The molecule has 0 saturated heterocycles. The van der Waals surface area contributed by atoms with Crippen LogP contribution < -0.4 is 5.32 Å². The Kier molecular flexibility index (Phi) is 4.48. The van der Waals surface area contributed by atoms with E-state index in [9.17, 15) is 4.39 Å². The van der Waals surface area contributed by atoms with Crippen LogP contribution >= 0.6 is 0 Å². The van der Waals surface area contributed by atoms with Gasteiger partial charge in [0.25, 0.3) is 0 Å². The van der Waals surface area contributed by atoms with E-state index in [1.54, 1.807) is 12.1 Å². The standard InChI is InChI=1S/C14H22FN/c1-11(14(2,3)4)9-16-10-12-6-5-7-13(15)8-12/h5-8,11,16H,9-10H2,1-4H3. The monoisotopic (exact) mass is 223 g/mol. The summed E-state index contributed by atoms with van der Waals surface area (Å²) in [5.41, 5.74) is 1.32. The van der Waals surface area contributed by atoms with Gasteiger partial charge in [0.05, 0.1) is 0 Å². The Labute approximate surface area is 98.1 Å². The second kappa shape index (κ2) is 5.44. The quantitative estimate of drug-likeness (QED) is 0.822. The molecule has 0 spiro atoms. The minimum Gasteiger partial charge on any atom is -0.312 e. The Morgan fingerprint density at radius 1 is 1.31 bits per heavy atom. The lowest BCUT2D eigenvalue weighted by Crippen LogP contribution is -2.29. The van der Waals surface area contributed by atoms with Crippen LogP contribution in [0.4, 0.5) is 4.39 Å². The lowest BCUT2D eigenvalue weighted by Gasteiger charge is -2.27. The molecule has 0 amide bonds. The molecule has 0 bridgehead atoms. The van der Waals surface area contributed by atoms with Crippen LogP contribution in [0.15, 0.2) is 24.3 Å². The van der Waals surface area contributed by atoms with E-state index in [1.807, 2.05) is 6.07 Å². The minimum absolute atomic E-state index is 0.164. The van der Waals surface area contributed by atoms with Gasteiger partial charge in [-0.15, -0.1) is 0 Å². The maximum atomic E-state index is 12.9. The molecular formula is C14H22FN. The maximum Gasteiger partial charge on any atom is 0.123 e. The smallest absolute Gasteiger partial charge is 0.123 e. The fourth-order valence-corrected chi connectivity index (χ4v) is 1.39. The summed E-state index contributed by atoms with van der Waals surface area (Å²) in [6.07, 6.45) is 0. The molecule has 1 nitrogen and oxygen atoms in total. The number of halogens is 1. The molecule has 0 aliphatic rings. The highest BCUT2D eigenvalue weighted by atomic mass is 19.1. The van der Waals surface area contributed by atoms with Gasteiger partial charge in [-0.05, 0) is 35.6 Å². The molecule has 2 heteroatoms. The number of hydrogen-bond acceptors (Lipinski definition) is 1. The number of nitrogens with one attached hydrogen (secondary N) is 1. The molecule has 0 heterocycles. The molecule has 1 atom stereocenters. The predicted molar refractivity (Wildman–Crippen MR) is 66.7 cm³/mol. The first-order chi connectivity index (χ1) is 7.39. The Morgan fingerprint density at radius 3 is 2.56 bits per heavy atom. The molecule has 1 aromatic carbocycles. The van der Waals surface area contributed by atoms with Gasteiger partial charge in [0.2, 0.25) is 0 Å². The van der Waals surface area contributed by atoms with Crippen LogP contribution in [0.5, 0.6) is 0 Å². The molecule has 1 unspecified atom stereocenters. The number of rotatable bonds is 4. The topological polar surface area (TPSA) is 12.0 Å². The van der Waals surface area contributed by atoms with E-state index >= 15 is 0 Å². The van der Waals surface area contributed by atoms with Crippen molar-refractivity contribution in [3.63, 3.8) is 0 Å². The Balaban J connectivity index is 2.36. The molecule has 1 N–H and O–H groups in total. The highest BCUT2D eigenvalue weighted by Gasteiger charge is 2.18. The third-order valence-corrected chi connectivity index (χ3v) is 3.15. The SMILES string of the molecule is CC(CNCc1cccc(F)c1)C(C)(C)C. The summed E-state index contributed by atoms with van der Waals surface area (Å²) in [6, 6.07) is 6.74. The Morgan fingerprint density at radius 2 is 2.00 bits per heavy atom. The molecule has 1 rings (SSSR count). The van der Waals surface area contributed by atoms with Crippen molar-refractivity contribution in [3.05, 3.63) is 35.6 Å². The van der Waals surface area contributed by atoms with Gasteiger partial charge in [0.15, 0.2) is 0 Å². The third-order valence-electron chi connectivity index (χ3n) is 3.15. The molecule has 0 aliphatic heterocycles. The van der Waals surface area contributed by atoms with Gasteiger partial charge in [-0.1, -0.05) is 39.8 Å². The van der Waals surface area contributed by atoms with E-state index in [2.05, 4.69) is 33.0 Å². The first-order valence-electron chi connectivity index (χ1n) is 5.85. The van der Waals surface area contributed by atoms with Crippen LogP contribution in [0, 0.1) is 17.2 Å². The summed E-state index contributed by atoms with van der Waals surface area (Å²) in [4.78, 5) is 0. The first-order valence-corrected chi connectivity index (χ1v) is 5.85. The normalized spacial score (nSPS) is 13.8. The van der Waals surface area contributed by atoms with E-state index in [4.69, 9.17) is 0 Å². The Hall–Kier alpha value is -0.890. The largest absolute Gasteiger partial charge is 0.312 e. The van der Waals surface area contributed by atoms with Gasteiger partial charge in [-0.3, -0.25) is 0 Å². The lowest BCUT2D eigenvalue weighted by molar-refractivity contribution is 0.252. The van der Waals surface area contributed by atoms with Crippen LogP contribution in [-0.2, 0) is 6.54 Å². The molecular weight excluding hydrogens is 201 g/mol. The second-order valence-electron chi connectivity index (χ2n) is 5.53. The summed E-state index contributed by atoms with van der Waals surface area (Å²) in [7, 11) is 0. The highest BCUT2D eigenvalue weighted by Crippen LogP contribution is 2.24.